The van der Waals surface area contributed by atoms with E-state index in [0.29, 0.717) is 29.7 Å². The molecule has 0 radical (unpaired) electrons. The van der Waals surface area contributed by atoms with Crippen molar-refractivity contribution >= 4 is 27.5 Å². The Morgan fingerprint density at radius 1 is 1.07 bits per heavy atom. The van der Waals surface area contributed by atoms with Gasteiger partial charge in [-0.25, -0.2) is 8.42 Å². The standard InChI is InChI=1S/C32H39ClN2O7S/c1-22(2)19-35(43(38,39)29-11-9-26(40-3)10-12-29)20-31(36)30(15-23-7-5-4-6-8-23)34-32(37)24-16-25(33)18-28(17-24)42-27-13-14-41-21-27/h4-12,16-18,22,27,30-31,36H,13-15,19-21H2,1-3H3,(H,34,37)/t27-,30?,31-/m1/s1. The van der Waals surface area contributed by atoms with Crippen molar-refractivity contribution in [3.05, 3.63) is 88.9 Å². The van der Waals surface area contributed by atoms with Crippen LogP contribution < -0.4 is 14.8 Å². The predicted molar refractivity (Wildman–Crippen MR) is 165 cm³/mol. The number of hydrogen-bond acceptors (Lipinski definition) is 7. The summed E-state index contributed by atoms with van der Waals surface area (Å²) in [5.74, 6) is 0.495. The molecular weight excluding hydrogens is 592 g/mol. The Hall–Kier alpha value is -3.15. The van der Waals surface area contributed by atoms with Crippen LogP contribution in [0.2, 0.25) is 5.02 Å². The minimum atomic E-state index is -3.97. The third kappa shape index (κ3) is 9.17. The van der Waals surface area contributed by atoms with Gasteiger partial charge in [0.15, 0.2) is 0 Å². The van der Waals surface area contributed by atoms with Gasteiger partial charge in [0.1, 0.15) is 17.6 Å². The van der Waals surface area contributed by atoms with Crippen LogP contribution in [0.25, 0.3) is 0 Å². The van der Waals surface area contributed by atoms with Crippen molar-refractivity contribution in [2.75, 3.05) is 33.4 Å². The van der Waals surface area contributed by atoms with Crippen LogP contribution in [0.15, 0.2) is 77.7 Å². The van der Waals surface area contributed by atoms with Crippen molar-refractivity contribution in [3.8, 4) is 11.5 Å². The smallest absolute Gasteiger partial charge is 0.251 e. The Morgan fingerprint density at radius 2 is 1.79 bits per heavy atom. The van der Waals surface area contributed by atoms with Gasteiger partial charge in [-0.1, -0.05) is 55.8 Å². The number of sulfonamides is 1. The number of carbonyl (C=O) groups excluding carboxylic acids is 1. The van der Waals surface area contributed by atoms with Crippen LogP contribution in [0.1, 0.15) is 36.2 Å². The molecule has 43 heavy (non-hydrogen) atoms. The highest BCUT2D eigenvalue weighted by atomic mass is 35.5. The first kappa shape index (κ1) is 32.8. The Labute approximate surface area is 258 Å². The molecule has 1 aliphatic heterocycles. The normalized spacial score (nSPS) is 16.7. The first-order chi connectivity index (χ1) is 20.5. The largest absolute Gasteiger partial charge is 0.497 e. The van der Waals surface area contributed by atoms with E-state index < -0.39 is 28.1 Å². The average molecular weight is 631 g/mol. The maximum Gasteiger partial charge on any atom is 0.251 e. The SMILES string of the molecule is COc1ccc(S(=O)(=O)N(CC(C)C)C[C@@H](O)C(Cc2ccccc2)NC(=O)c2cc(Cl)cc(O[C@@H]3CCOC3)c2)cc1. The van der Waals surface area contributed by atoms with E-state index in [2.05, 4.69) is 5.32 Å². The highest BCUT2D eigenvalue weighted by Crippen LogP contribution is 2.25. The van der Waals surface area contributed by atoms with Gasteiger partial charge in [-0.05, 0) is 60.4 Å². The number of methoxy groups -OCH3 is 1. The van der Waals surface area contributed by atoms with Crippen LogP contribution in [0.4, 0.5) is 0 Å². The molecule has 0 aromatic heterocycles. The summed E-state index contributed by atoms with van der Waals surface area (Å²) in [4.78, 5) is 13.6. The van der Waals surface area contributed by atoms with Gasteiger partial charge >= 0.3 is 0 Å². The van der Waals surface area contributed by atoms with Crippen LogP contribution >= 0.6 is 11.6 Å². The number of carbonyl (C=O) groups is 1. The molecule has 232 valence electrons. The van der Waals surface area contributed by atoms with Gasteiger partial charge in [0.25, 0.3) is 5.91 Å². The number of halogens is 1. The predicted octanol–water partition coefficient (Wildman–Crippen LogP) is 4.57. The number of aliphatic hydroxyl groups is 1. The Bertz CT molecular complexity index is 1450. The molecular formula is C32H39ClN2O7S. The maximum absolute atomic E-state index is 13.7. The van der Waals surface area contributed by atoms with Gasteiger partial charge in [0.05, 0.1) is 37.4 Å². The molecule has 9 nitrogen and oxygen atoms in total. The summed E-state index contributed by atoms with van der Waals surface area (Å²) < 4.78 is 45.2. The molecule has 1 aliphatic rings. The molecule has 11 heteroatoms. The van der Waals surface area contributed by atoms with E-state index in [1.54, 1.807) is 24.3 Å². The molecule has 0 saturated carbocycles. The van der Waals surface area contributed by atoms with Crippen LogP contribution in [-0.2, 0) is 21.2 Å². The second-order valence-corrected chi connectivity index (χ2v) is 13.4. The summed E-state index contributed by atoms with van der Waals surface area (Å²) in [6.45, 7) is 4.84. The number of amides is 1. The molecule has 1 heterocycles. The number of benzene rings is 3. The highest BCUT2D eigenvalue weighted by molar-refractivity contribution is 7.89. The molecule has 0 spiro atoms. The van der Waals surface area contributed by atoms with Crippen molar-refractivity contribution in [3.63, 3.8) is 0 Å². The molecule has 1 fully saturated rings. The second kappa shape index (κ2) is 15.0. The van der Waals surface area contributed by atoms with Crippen molar-refractivity contribution in [2.45, 2.75) is 49.8 Å². The van der Waals surface area contributed by atoms with Gasteiger partial charge < -0.3 is 24.6 Å². The summed E-state index contributed by atoms with van der Waals surface area (Å²) in [7, 11) is -2.46. The van der Waals surface area contributed by atoms with Crippen molar-refractivity contribution in [2.24, 2.45) is 5.92 Å². The van der Waals surface area contributed by atoms with Crippen LogP contribution in [0.3, 0.4) is 0 Å². The molecule has 1 saturated heterocycles. The van der Waals surface area contributed by atoms with Crippen molar-refractivity contribution in [1.29, 1.82) is 0 Å². The van der Waals surface area contributed by atoms with Crippen LogP contribution in [0, 0.1) is 5.92 Å². The van der Waals surface area contributed by atoms with E-state index >= 15 is 0 Å². The summed E-state index contributed by atoms with van der Waals surface area (Å²) in [5, 5.41) is 14.8. The van der Waals surface area contributed by atoms with E-state index in [4.69, 9.17) is 25.8 Å². The number of rotatable bonds is 14. The first-order valence-electron chi connectivity index (χ1n) is 14.3. The lowest BCUT2D eigenvalue weighted by Gasteiger charge is -2.31. The van der Waals surface area contributed by atoms with Crippen molar-refractivity contribution in [1.82, 2.24) is 9.62 Å². The number of hydrogen-bond donors (Lipinski definition) is 2. The fraction of sp³-hybridized carbons (Fsp3) is 0.406. The van der Waals surface area contributed by atoms with Crippen LogP contribution in [0.5, 0.6) is 11.5 Å². The third-order valence-electron chi connectivity index (χ3n) is 7.06. The van der Waals surface area contributed by atoms with E-state index in [0.717, 1.165) is 12.0 Å². The van der Waals surface area contributed by atoms with Gasteiger partial charge in [0, 0.05) is 30.1 Å². The fourth-order valence-electron chi connectivity index (χ4n) is 4.87. The lowest BCUT2D eigenvalue weighted by atomic mass is 10.00. The van der Waals surface area contributed by atoms with Gasteiger partial charge in [-0.15, -0.1) is 0 Å². The minimum Gasteiger partial charge on any atom is -0.497 e. The summed E-state index contributed by atoms with van der Waals surface area (Å²) >= 11 is 6.33. The van der Waals surface area contributed by atoms with Gasteiger partial charge in [-0.3, -0.25) is 4.79 Å². The molecule has 1 unspecified atom stereocenters. The zero-order valence-corrected chi connectivity index (χ0v) is 26.2. The lowest BCUT2D eigenvalue weighted by molar-refractivity contribution is 0.0775. The molecule has 4 rings (SSSR count). The van der Waals surface area contributed by atoms with E-state index in [1.165, 1.54) is 29.6 Å². The quantitative estimate of drug-likeness (QED) is 0.268. The highest BCUT2D eigenvalue weighted by Gasteiger charge is 2.32. The van der Waals surface area contributed by atoms with Gasteiger partial charge in [0.2, 0.25) is 10.0 Å². The number of nitrogens with zero attached hydrogens (tertiary/aromatic N) is 1. The zero-order valence-electron chi connectivity index (χ0n) is 24.6. The Balaban J connectivity index is 1.58. The first-order valence-corrected chi connectivity index (χ1v) is 16.1. The van der Waals surface area contributed by atoms with Crippen LogP contribution in [-0.4, -0.2) is 75.4 Å². The zero-order chi connectivity index (χ0) is 31.0. The van der Waals surface area contributed by atoms with E-state index in [1.807, 2.05) is 44.2 Å². The summed E-state index contributed by atoms with van der Waals surface area (Å²) in [5.41, 5.74) is 1.13. The third-order valence-corrected chi connectivity index (χ3v) is 9.12. The second-order valence-electron chi connectivity index (χ2n) is 11.0. The van der Waals surface area contributed by atoms with Crippen molar-refractivity contribution < 1.29 is 32.5 Å². The average Bonchev–Trinajstić information content (AvgIpc) is 3.49. The minimum absolute atomic E-state index is 0.0162. The maximum atomic E-state index is 13.7. The monoisotopic (exact) mass is 630 g/mol. The summed E-state index contributed by atoms with van der Waals surface area (Å²) in [6.07, 6.45) is -0.343. The topological polar surface area (TPSA) is 114 Å². The lowest BCUT2D eigenvalue weighted by Crippen LogP contribution is -2.51. The van der Waals surface area contributed by atoms with Gasteiger partial charge in [-0.2, -0.15) is 4.31 Å². The molecule has 2 N–H and O–H groups in total. The molecule has 3 aromatic carbocycles. The fourth-order valence-corrected chi connectivity index (χ4v) is 6.72. The number of aliphatic hydroxyl groups excluding tert-OH is 1. The molecule has 3 aromatic rings. The molecule has 0 bridgehead atoms. The van der Waals surface area contributed by atoms with E-state index in [-0.39, 0.29) is 42.0 Å². The molecule has 1 amide bonds. The number of ether oxygens (including phenoxy) is 3. The summed E-state index contributed by atoms with van der Waals surface area (Å²) in [6, 6.07) is 19.5. The Morgan fingerprint density at radius 3 is 2.42 bits per heavy atom. The Kier molecular flexibility index (Phi) is 11.5. The molecule has 0 aliphatic carbocycles. The number of nitrogens with one attached hydrogen (secondary N) is 1. The molecule has 3 atom stereocenters. The van der Waals surface area contributed by atoms with E-state index in [9.17, 15) is 18.3 Å².